The van der Waals surface area contributed by atoms with E-state index in [4.69, 9.17) is 4.74 Å². The van der Waals surface area contributed by atoms with Gasteiger partial charge in [0.25, 0.3) is 5.91 Å². The van der Waals surface area contributed by atoms with E-state index >= 15 is 0 Å². The van der Waals surface area contributed by atoms with Crippen LogP contribution in [-0.4, -0.2) is 27.9 Å². The van der Waals surface area contributed by atoms with Gasteiger partial charge in [-0.1, -0.05) is 30.9 Å². The Bertz CT molecular complexity index is 929. The molecule has 24 heavy (non-hydrogen) atoms. The highest BCUT2D eigenvalue weighted by molar-refractivity contribution is 5.93. The van der Waals surface area contributed by atoms with Crippen molar-refractivity contribution in [3.8, 4) is 5.75 Å². The topological polar surface area (TPSA) is 55.6 Å². The van der Waals surface area contributed by atoms with E-state index in [2.05, 4.69) is 16.9 Å². The number of carbonyl (C=O) groups excluding carboxylic acids is 1. The van der Waals surface area contributed by atoms with E-state index in [0.717, 1.165) is 28.9 Å². The van der Waals surface area contributed by atoms with Crippen LogP contribution in [0.15, 0.2) is 55.4 Å². The van der Waals surface area contributed by atoms with Gasteiger partial charge in [0.1, 0.15) is 23.7 Å². The zero-order valence-corrected chi connectivity index (χ0v) is 13.1. The lowest BCUT2D eigenvalue weighted by atomic mass is 10.0. The summed E-state index contributed by atoms with van der Waals surface area (Å²) in [6.07, 6.45) is 6.15. The third-order valence-electron chi connectivity index (χ3n) is 4.16. The predicted octanol–water partition coefficient (Wildman–Crippen LogP) is 2.71. The number of benzene rings is 1. The lowest BCUT2D eigenvalue weighted by Gasteiger charge is -2.25. The van der Waals surface area contributed by atoms with Crippen LogP contribution < -0.4 is 10.1 Å². The zero-order valence-electron chi connectivity index (χ0n) is 13.1. The highest BCUT2D eigenvalue weighted by Gasteiger charge is 2.22. The summed E-state index contributed by atoms with van der Waals surface area (Å²) in [5, 5.41) is 3.01. The summed E-state index contributed by atoms with van der Waals surface area (Å²) < 4.78 is 7.54. The van der Waals surface area contributed by atoms with E-state index in [1.165, 1.54) is 0 Å². The van der Waals surface area contributed by atoms with Gasteiger partial charge < -0.3 is 14.5 Å². The number of hydrogen-bond acceptors (Lipinski definition) is 3. The third-order valence-corrected chi connectivity index (χ3v) is 4.16. The van der Waals surface area contributed by atoms with E-state index in [-0.39, 0.29) is 11.9 Å². The lowest BCUT2D eigenvalue weighted by molar-refractivity contribution is 0.0911. The number of pyridine rings is 1. The van der Waals surface area contributed by atoms with Crippen molar-refractivity contribution in [2.75, 3.05) is 6.61 Å². The monoisotopic (exact) mass is 319 g/mol. The molecule has 0 spiro atoms. The lowest BCUT2D eigenvalue weighted by Crippen LogP contribution is -2.42. The maximum atomic E-state index is 12.5. The van der Waals surface area contributed by atoms with Gasteiger partial charge in [0.2, 0.25) is 0 Å². The summed E-state index contributed by atoms with van der Waals surface area (Å²) in [4.78, 5) is 16.9. The third kappa shape index (κ3) is 2.65. The fraction of sp³-hybridized carbons (Fsp3) is 0.158. The largest absolute Gasteiger partial charge is 0.491 e. The molecule has 1 aromatic carbocycles. The quantitative estimate of drug-likeness (QED) is 0.807. The molecule has 3 aromatic rings. The Kier molecular flexibility index (Phi) is 3.54. The molecule has 1 aliphatic heterocycles. The van der Waals surface area contributed by atoms with Crippen molar-refractivity contribution >= 4 is 17.6 Å². The van der Waals surface area contributed by atoms with Gasteiger partial charge in [-0.05, 0) is 35.7 Å². The van der Waals surface area contributed by atoms with Gasteiger partial charge in [-0.2, -0.15) is 0 Å². The molecule has 0 fully saturated rings. The van der Waals surface area contributed by atoms with Crippen LogP contribution in [0.3, 0.4) is 0 Å². The summed E-state index contributed by atoms with van der Waals surface area (Å²) >= 11 is 0. The molecule has 4 rings (SSSR count). The molecule has 120 valence electrons. The van der Waals surface area contributed by atoms with Crippen molar-refractivity contribution in [1.29, 1.82) is 0 Å². The number of hydrogen-bond donors (Lipinski definition) is 1. The molecule has 1 aliphatic rings. The fourth-order valence-electron chi connectivity index (χ4n) is 2.92. The number of nitrogens with one attached hydrogen (secondary N) is 1. The number of rotatable bonds is 3. The molecule has 5 heteroatoms. The number of fused-ring (bicyclic) bond motifs is 2. The van der Waals surface area contributed by atoms with Gasteiger partial charge in [-0.15, -0.1) is 0 Å². The van der Waals surface area contributed by atoms with Crippen LogP contribution in [-0.2, 0) is 6.42 Å². The first-order valence-electron chi connectivity index (χ1n) is 7.86. The van der Waals surface area contributed by atoms with Gasteiger partial charge in [-0.3, -0.25) is 4.79 Å². The molecule has 0 unspecified atom stereocenters. The number of ether oxygens (including phenoxy) is 1. The Labute approximate surface area is 139 Å². The smallest absolute Gasteiger partial charge is 0.271 e. The molecule has 0 saturated carbocycles. The second kappa shape index (κ2) is 5.85. The van der Waals surface area contributed by atoms with E-state index < -0.39 is 0 Å². The van der Waals surface area contributed by atoms with Gasteiger partial charge in [0.15, 0.2) is 0 Å². The molecule has 3 heterocycles. The standard InChI is InChI=1S/C19H17N3O2/c1-2-13-7-8-18-21-16(11-22(18)10-13)19(23)20-15-9-14-5-3-4-6-17(14)24-12-15/h2-8,10-11,15H,1,9,12H2,(H,20,23)/t15-/m1/s1. The molecule has 0 radical (unpaired) electrons. The molecule has 1 amide bonds. The van der Waals surface area contributed by atoms with Crippen LogP contribution in [0, 0.1) is 0 Å². The number of para-hydroxylation sites is 1. The Morgan fingerprint density at radius 2 is 2.17 bits per heavy atom. The summed E-state index contributed by atoms with van der Waals surface area (Å²) in [6, 6.07) is 11.6. The molecule has 2 aromatic heterocycles. The van der Waals surface area contributed by atoms with Crippen molar-refractivity contribution in [2.24, 2.45) is 0 Å². The second-order valence-corrected chi connectivity index (χ2v) is 5.85. The van der Waals surface area contributed by atoms with Crippen LogP contribution in [0.5, 0.6) is 5.75 Å². The summed E-state index contributed by atoms with van der Waals surface area (Å²) in [6.45, 7) is 4.22. The number of aromatic nitrogens is 2. The number of nitrogens with zero attached hydrogens (tertiary/aromatic N) is 2. The Morgan fingerprint density at radius 3 is 3.04 bits per heavy atom. The normalized spacial score (nSPS) is 16.2. The average Bonchev–Trinajstić information content (AvgIpc) is 3.05. The Balaban J connectivity index is 1.51. The van der Waals surface area contributed by atoms with Gasteiger partial charge >= 0.3 is 0 Å². The van der Waals surface area contributed by atoms with Gasteiger partial charge in [-0.25, -0.2) is 4.98 Å². The minimum absolute atomic E-state index is 0.0547. The molecule has 5 nitrogen and oxygen atoms in total. The second-order valence-electron chi connectivity index (χ2n) is 5.85. The minimum atomic E-state index is -0.188. The highest BCUT2D eigenvalue weighted by atomic mass is 16.5. The molecule has 0 aliphatic carbocycles. The van der Waals surface area contributed by atoms with E-state index in [9.17, 15) is 4.79 Å². The first kappa shape index (κ1) is 14.5. The molecule has 1 N–H and O–H groups in total. The zero-order chi connectivity index (χ0) is 16.5. The van der Waals surface area contributed by atoms with Crippen molar-refractivity contribution in [2.45, 2.75) is 12.5 Å². The van der Waals surface area contributed by atoms with Crippen LogP contribution in [0.1, 0.15) is 21.6 Å². The maximum Gasteiger partial charge on any atom is 0.271 e. The van der Waals surface area contributed by atoms with Gasteiger partial charge in [0, 0.05) is 12.4 Å². The van der Waals surface area contributed by atoms with Crippen LogP contribution in [0.2, 0.25) is 0 Å². The highest BCUT2D eigenvalue weighted by Crippen LogP contribution is 2.24. The van der Waals surface area contributed by atoms with Crippen molar-refractivity contribution < 1.29 is 9.53 Å². The van der Waals surface area contributed by atoms with E-state index in [1.54, 1.807) is 12.3 Å². The molecule has 1 atom stereocenters. The van der Waals surface area contributed by atoms with Crippen molar-refractivity contribution in [3.63, 3.8) is 0 Å². The fourth-order valence-corrected chi connectivity index (χ4v) is 2.92. The van der Waals surface area contributed by atoms with Crippen LogP contribution in [0.4, 0.5) is 0 Å². The van der Waals surface area contributed by atoms with Crippen molar-refractivity contribution in [1.82, 2.24) is 14.7 Å². The molecular formula is C19H17N3O2. The first-order chi connectivity index (χ1) is 11.7. The number of carbonyl (C=O) groups is 1. The number of amides is 1. The average molecular weight is 319 g/mol. The summed E-state index contributed by atoms with van der Waals surface area (Å²) in [5.41, 5.74) is 3.22. The number of imidazole rings is 1. The van der Waals surface area contributed by atoms with Crippen molar-refractivity contribution in [3.05, 3.63) is 72.2 Å². The molecule has 0 saturated heterocycles. The first-order valence-corrected chi connectivity index (χ1v) is 7.86. The van der Waals surface area contributed by atoms with Gasteiger partial charge in [0.05, 0.1) is 6.04 Å². The predicted molar refractivity (Wildman–Crippen MR) is 92.2 cm³/mol. The molecular weight excluding hydrogens is 302 g/mol. The van der Waals surface area contributed by atoms with Crippen LogP contribution >= 0.6 is 0 Å². The Hall–Kier alpha value is -3.08. The maximum absolute atomic E-state index is 12.5. The molecule has 0 bridgehead atoms. The van der Waals surface area contributed by atoms with E-state index in [1.807, 2.05) is 47.0 Å². The minimum Gasteiger partial charge on any atom is -0.491 e. The summed E-state index contributed by atoms with van der Waals surface area (Å²) in [5.74, 6) is 0.708. The van der Waals surface area contributed by atoms with E-state index in [0.29, 0.717) is 12.3 Å². The van der Waals surface area contributed by atoms with Crippen LogP contribution in [0.25, 0.3) is 11.7 Å². The Morgan fingerprint density at radius 1 is 1.29 bits per heavy atom. The SMILES string of the molecule is C=Cc1ccc2nc(C(=O)N[C@H]3COc4ccccc4C3)cn2c1. The summed E-state index contributed by atoms with van der Waals surface area (Å²) in [7, 11) is 0.